The second kappa shape index (κ2) is 6.75. The number of nitrogens with zero attached hydrogens (tertiary/aromatic N) is 1. The largest absolute Gasteiger partial charge is 0.380 e. The molecule has 2 aromatic heterocycles. The van der Waals surface area contributed by atoms with Gasteiger partial charge in [-0.3, -0.25) is 4.79 Å². The van der Waals surface area contributed by atoms with E-state index in [2.05, 4.69) is 15.3 Å². The van der Waals surface area contributed by atoms with Gasteiger partial charge in [0.1, 0.15) is 10.7 Å². The van der Waals surface area contributed by atoms with E-state index in [1.165, 1.54) is 0 Å². The first-order valence-corrected chi connectivity index (χ1v) is 8.65. The molecule has 0 saturated heterocycles. The number of anilines is 1. The quantitative estimate of drug-likeness (QED) is 0.737. The molecule has 0 spiro atoms. The first-order chi connectivity index (χ1) is 11.5. The molecule has 0 radical (unpaired) electrons. The normalized spacial score (nSPS) is 12.5. The molecule has 126 valence electrons. The summed E-state index contributed by atoms with van der Waals surface area (Å²) in [5.74, 6) is 0.644. The van der Waals surface area contributed by atoms with Crippen molar-refractivity contribution in [3.63, 3.8) is 0 Å². The average molecular weight is 343 g/mol. The molecule has 5 nitrogen and oxygen atoms in total. The molecule has 6 heteroatoms. The van der Waals surface area contributed by atoms with Crippen LogP contribution in [0.15, 0.2) is 29.1 Å². The Morgan fingerprint density at radius 3 is 2.92 bits per heavy atom. The second-order valence-corrected chi connectivity index (χ2v) is 7.12. The number of aromatic amines is 1. The van der Waals surface area contributed by atoms with Crippen LogP contribution < -0.4 is 10.9 Å². The topological polar surface area (TPSA) is 67.0 Å². The molecule has 1 atom stereocenters. The summed E-state index contributed by atoms with van der Waals surface area (Å²) in [5.41, 5.74) is 3.01. The Kier molecular flexibility index (Phi) is 4.69. The van der Waals surface area contributed by atoms with Gasteiger partial charge >= 0.3 is 0 Å². The maximum absolute atomic E-state index is 12.4. The summed E-state index contributed by atoms with van der Waals surface area (Å²) in [6, 6.07) is 7.92. The number of rotatable bonds is 5. The summed E-state index contributed by atoms with van der Waals surface area (Å²) >= 11 is 1.56. The van der Waals surface area contributed by atoms with E-state index < -0.39 is 0 Å². The maximum atomic E-state index is 12.4. The van der Waals surface area contributed by atoms with Crippen molar-refractivity contribution in [3.05, 3.63) is 56.4 Å². The van der Waals surface area contributed by atoms with Crippen LogP contribution in [0.2, 0.25) is 0 Å². The minimum Gasteiger partial charge on any atom is -0.380 e. The fourth-order valence-corrected chi connectivity index (χ4v) is 3.75. The average Bonchev–Trinajstić information content (AvgIpc) is 2.83. The van der Waals surface area contributed by atoms with E-state index in [0.717, 1.165) is 26.5 Å². The summed E-state index contributed by atoms with van der Waals surface area (Å²) in [6.07, 6.45) is 0. The molecule has 0 saturated carbocycles. The predicted octanol–water partition coefficient (Wildman–Crippen LogP) is 3.92. The van der Waals surface area contributed by atoms with Gasteiger partial charge in [0.25, 0.3) is 5.56 Å². The van der Waals surface area contributed by atoms with Gasteiger partial charge in [0.15, 0.2) is 0 Å². The number of H-pyrrole nitrogens is 1. The lowest BCUT2D eigenvalue weighted by atomic mass is 10.2. The molecule has 2 heterocycles. The number of ether oxygens (including phenoxy) is 1. The Balaban J connectivity index is 1.90. The number of hydrogen-bond donors (Lipinski definition) is 2. The van der Waals surface area contributed by atoms with Gasteiger partial charge < -0.3 is 15.0 Å². The molecule has 3 aromatic rings. The van der Waals surface area contributed by atoms with Gasteiger partial charge in [-0.05, 0) is 44.0 Å². The van der Waals surface area contributed by atoms with Crippen LogP contribution >= 0.6 is 11.3 Å². The molecule has 0 aliphatic carbocycles. The van der Waals surface area contributed by atoms with Crippen LogP contribution in [0.5, 0.6) is 0 Å². The number of methoxy groups -OCH3 is 1. The molecule has 0 aliphatic heterocycles. The first-order valence-electron chi connectivity index (χ1n) is 7.84. The van der Waals surface area contributed by atoms with Crippen LogP contribution in [0.25, 0.3) is 10.2 Å². The summed E-state index contributed by atoms with van der Waals surface area (Å²) in [7, 11) is 1.68. The number of aryl methyl sites for hydroxylation is 2. The highest BCUT2D eigenvalue weighted by Crippen LogP contribution is 2.27. The highest BCUT2D eigenvalue weighted by Gasteiger charge is 2.15. The van der Waals surface area contributed by atoms with Crippen molar-refractivity contribution in [3.8, 4) is 0 Å². The van der Waals surface area contributed by atoms with Gasteiger partial charge in [0, 0.05) is 17.7 Å². The molecular formula is C18H21N3O2S. The Hall–Kier alpha value is -2.18. The van der Waals surface area contributed by atoms with Crippen molar-refractivity contribution >= 4 is 27.2 Å². The van der Waals surface area contributed by atoms with E-state index in [1.54, 1.807) is 18.4 Å². The zero-order valence-corrected chi connectivity index (χ0v) is 15.1. The van der Waals surface area contributed by atoms with Crippen LogP contribution in [0.1, 0.15) is 34.8 Å². The van der Waals surface area contributed by atoms with Crippen molar-refractivity contribution in [2.75, 3.05) is 12.4 Å². The van der Waals surface area contributed by atoms with Crippen molar-refractivity contribution < 1.29 is 4.74 Å². The molecule has 0 amide bonds. The third kappa shape index (κ3) is 3.20. The van der Waals surface area contributed by atoms with Crippen LogP contribution in [-0.2, 0) is 11.3 Å². The number of aromatic nitrogens is 2. The lowest BCUT2D eigenvalue weighted by Crippen LogP contribution is -2.17. The van der Waals surface area contributed by atoms with Crippen LogP contribution in [0.4, 0.5) is 5.69 Å². The molecule has 2 N–H and O–H groups in total. The lowest BCUT2D eigenvalue weighted by molar-refractivity contribution is 0.185. The first kappa shape index (κ1) is 16.7. The van der Waals surface area contributed by atoms with Crippen molar-refractivity contribution in [2.45, 2.75) is 33.4 Å². The number of hydrogen-bond acceptors (Lipinski definition) is 5. The molecule has 0 bridgehead atoms. The summed E-state index contributed by atoms with van der Waals surface area (Å²) < 4.78 is 5.16. The van der Waals surface area contributed by atoms with Gasteiger partial charge in [0.2, 0.25) is 0 Å². The van der Waals surface area contributed by atoms with Crippen LogP contribution in [-0.4, -0.2) is 17.1 Å². The van der Waals surface area contributed by atoms with E-state index in [4.69, 9.17) is 4.74 Å². The van der Waals surface area contributed by atoms with Crippen molar-refractivity contribution in [1.82, 2.24) is 9.97 Å². The standard InChI is InChI=1S/C18H21N3O2S/c1-10-12(3)24-18-15(10)17(22)20-16(21-18)11(2)19-14-7-5-6-13(8-14)9-23-4/h5-8,11,19H,9H2,1-4H3,(H,20,21,22). The van der Waals surface area contributed by atoms with Gasteiger partial charge in [-0.15, -0.1) is 11.3 Å². The minimum absolute atomic E-state index is 0.0707. The molecule has 1 aromatic carbocycles. The van der Waals surface area contributed by atoms with Gasteiger partial charge in [-0.1, -0.05) is 12.1 Å². The Labute approximate surface area is 144 Å². The molecule has 0 aliphatic rings. The summed E-state index contributed by atoms with van der Waals surface area (Å²) in [4.78, 5) is 21.9. The zero-order valence-electron chi connectivity index (χ0n) is 14.3. The van der Waals surface area contributed by atoms with Gasteiger partial charge in [0.05, 0.1) is 18.0 Å². The minimum atomic E-state index is -0.109. The molecule has 3 rings (SSSR count). The Morgan fingerprint density at radius 2 is 2.17 bits per heavy atom. The Morgan fingerprint density at radius 1 is 1.38 bits per heavy atom. The lowest BCUT2D eigenvalue weighted by Gasteiger charge is -2.15. The molecule has 24 heavy (non-hydrogen) atoms. The van der Waals surface area contributed by atoms with Crippen molar-refractivity contribution in [1.29, 1.82) is 0 Å². The number of fused-ring (bicyclic) bond motifs is 1. The Bertz CT molecular complexity index is 930. The van der Waals surface area contributed by atoms with Gasteiger partial charge in [-0.25, -0.2) is 4.98 Å². The van der Waals surface area contributed by atoms with E-state index in [1.807, 2.05) is 45.0 Å². The van der Waals surface area contributed by atoms with E-state index in [-0.39, 0.29) is 11.6 Å². The third-order valence-electron chi connectivity index (χ3n) is 4.09. The summed E-state index contributed by atoms with van der Waals surface area (Å²) in [5, 5.41) is 4.09. The SMILES string of the molecule is COCc1cccc(NC(C)c2nc3sc(C)c(C)c3c(=O)[nH]2)c1. The summed E-state index contributed by atoms with van der Waals surface area (Å²) in [6.45, 7) is 6.54. The van der Waals surface area contributed by atoms with E-state index in [0.29, 0.717) is 17.8 Å². The predicted molar refractivity (Wildman–Crippen MR) is 98.9 cm³/mol. The molecular weight excluding hydrogens is 322 g/mol. The number of thiophene rings is 1. The highest BCUT2D eigenvalue weighted by molar-refractivity contribution is 7.18. The fraction of sp³-hybridized carbons (Fsp3) is 0.333. The molecule has 0 fully saturated rings. The smallest absolute Gasteiger partial charge is 0.259 e. The number of benzene rings is 1. The van der Waals surface area contributed by atoms with Gasteiger partial charge in [-0.2, -0.15) is 0 Å². The third-order valence-corrected chi connectivity index (χ3v) is 5.19. The van der Waals surface area contributed by atoms with Crippen LogP contribution in [0, 0.1) is 13.8 Å². The fourth-order valence-electron chi connectivity index (χ4n) is 2.71. The van der Waals surface area contributed by atoms with Crippen molar-refractivity contribution in [2.24, 2.45) is 0 Å². The maximum Gasteiger partial charge on any atom is 0.259 e. The zero-order chi connectivity index (χ0) is 17.3. The molecule has 1 unspecified atom stereocenters. The second-order valence-electron chi connectivity index (χ2n) is 5.91. The monoisotopic (exact) mass is 343 g/mol. The van der Waals surface area contributed by atoms with E-state index >= 15 is 0 Å². The van der Waals surface area contributed by atoms with E-state index in [9.17, 15) is 4.79 Å². The number of nitrogens with one attached hydrogen (secondary N) is 2. The van der Waals surface area contributed by atoms with Crippen LogP contribution in [0.3, 0.4) is 0 Å². The highest BCUT2D eigenvalue weighted by atomic mass is 32.1.